The van der Waals surface area contributed by atoms with Gasteiger partial charge in [0, 0.05) is 37.0 Å². The third kappa shape index (κ3) is 2.85. The minimum atomic E-state index is 0.0425. The van der Waals surface area contributed by atoms with Crippen molar-refractivity contribution < 1.29 is 9.53 Å². The maximum absolute atomic E-state index is 12.7. The number of carbonyl (C=O) groups excluding carboxylic acids is 1. The Morgan fingerprint density at radius 3 is 2.62 bits per heavy atom. The van der Waals surface area contributed by atoms with Crippen LogP contribution in [-0.4, -0.2) is 47.1 Å². The maximum atomic E-state index is 12.7. The van der Waals surface area contributed by atoms with Crippen molar-refractivity contribution in [2.75, 3.05) is 31.2 Å². The number of ether oxygens (including phenoxy) is 1. The number of nitrogens with zero attached hydrogens (tertiary/aromatic N) is 4. The molecule has 0 bridgehead atoms. The normalized spacial score (nSPS) is 17.0. The number of morpholine rings is 1. The van der Waals surface area contributed by atoms with Gasteiger partial charge in [-0.3, -0.25) is 4.79 Å². The number of rotatable bonds is 2. The van der Waals surface area contributed by atoms with Crippen LogP contribution in [0, 0.1) is 6.92 Å². The molecular formula is C18H20N4O2. The minimum Gasteiger partial charge on any atom is -0.378 e. The third-order valence-corrected chi connectivity index (χ3v) is 4.52. The van der Waals surface area contributed by atoms with Gasteiger partial charge in [-0.1, -0.05) is 17.7 Å². The van der Waals surface area contributed by atoms with E-state index in [1.54, 1.807) is 0 Å². The fourth-order valence-electron chi connectivity index (χ4n) is 3.08. The monoisotopic (exact) mass is 324 g/mol. The highest BCUT2D eigenvalue weighted by molar-refractivity contribution is 5.94. The average molecular weight is 324 g/mol. The Labute approximate surface area is 141 Å². The van der Waals surface area contributed by atoms with Crippen molar-refractivity contribution in [3.8, 4) is 0 Å². The number of aryl methyl sites for hydroxylation is 1. The van der Waals surface area contributed by atoms with Crippen LogP contribution >= 0.6 is 0 Å². The predicted molar refractivity (Wildman–Crippen MR) is 89.8 cm³/mol. The Balaban J connectivity index is 1.51. The van der Waals surface area contributed by atoms with Gasteiger partial charge in [0.05, 0.1) is 25.5 Å². The Bertz CT molecular complexity index is 754. The second-order valence-electron chi connectivity index (χ2n) is 6.27. The Morgan fingerprint density at radius 1 is 1.12 bits per heavy atom. The average Bonchev–Trinajstić information content (AvgIpc) is 3.06. The lowest BCUT2D eigenvalue weighted by Crippen LogP contribution is -2.37. The van der Waals surface area contributed by atoms with Crippen LogP contribution < -0.4 is 4.90 Å². The Hall–Kier alpha value is -2.47. The molecule has 0 N–H and O–H groups in total. The van der Waals surface area contributed by atoms with Gasteiger partial charge in [0.15, 0.2) is 0 Å². The van der Waals surface area contributed by atoms with E-state index in [2.05, 4.69) is 14.9 Å². The van der Waals surface area contributed by atoms with Crippen LogP contribution in [0.15, 0.2) is 30.5 Å². The van der Waals surface area contributed by atoms with Crippen molar-refractivity contribution in [3.63, 3.8) is 0 Å². The molecule has 1 amide bonds. The molecule has 1 saturated heterocycles. The van der Waals surface area contributed by atoms with E-state index in [1.165, 1.54) is 0 Å². The van der Waals surface area contributed by atoms with Crippen LogP contribution in [0.4, 0.5) is 5.95 Å². The summed E-state index contributed by atoms with van der Waals surface area (Å²) in [6.07, 6.45) is 1.86. The van der Waals surface area contributed by atoms with Crippen LogP contribution in [0.2, 0.25) is 0 Å². The SMILES string of the molecule is Cc1ccc(C(=O)N2Cc3cnc(N4CCOCC4)nc3C2)cc1. The number of anilines is 1. The van der Waals surface area contributed by atoms with Crippen LogP contribution in [-0.2, 0) is 17.8 Å². The molecule has 2 aliphatic heterocycles. The molecule has 0 saturated carbocycles. The van der Waals surface area contributed by atoms with Gasteiger partial charge in [0.25, 0.3) is 5.91 Å². The molecule has 0 spiro atoms. The van der Waals surface area contributed by atoms with Gasteiger partial charge in [-0.25, -0.2) is 9.97 Å². The molecule has 1 aromatic carbocycles. The molecule has 1 fully saturated rings. The molecule has 2 aromatic rings. The van der Waals surface area contributed by atoms with Crippen molar-refractivity contribution in [3.05, 3.63) is 52.8 Å². The van der Waals surface area contributed by atoms with Crippen molar-refractivity contribution in [1.29, 1.82) is 0 Å². The summed E-state index contributed by atoms with van der Waals surface area (Å²) in [5, 5.41) is 0. The summed E-state index contributed by atoms with van der Waals surface area (Å²) in [6, 6.07) is 7.69. The van der Waals surface area contributed by atoms with E-state index in [-0.39, 0.29) is 5.91 Å². The van der Waals surface area contributed by atoms with Crippen molar-refractivity contribution in [1.82, 2.24) is 14.9 Å². The second kappa shape index (κ2) is 6.20. The van der Waals surface area contributed by atoms with E-state index >= 15 is 0 Å². The molecule has 0 aliphatic carbocycles. The highest BCUT2D eigenvalue weighted by Crippen LogP contribution is 2.24. The van der Waals surface area contributed by atoms with Gasteiger partial charge < -0.3 is 14.5 Å². The van der Waals surface area contributed by atoms with Gasteiger partial charge in [0.2, 0.25) is 5.95 Å². The molecule has 3 heterocycles. The molecule has 0 unspecified atom stereocenters. The van der Waals surface area contributed by atoms with E-state index < -0.39 is 0 Å². The maximum Gasteiger partial charge on any atom is 0.254 e. The highest BCUT2D eigenvalue weighted by atomic mass is 16.5. The van der Waals surface area contributed by atoms with E-state index in [0.717, 1.165) is 41.4 Å². The fraction of sp³-hybridized carbons (Fsp3) is 0.389. The van der Waals surface area contributed by atoms with Crippen molar-refractivity contribution >= 4 is 11.9 Å². The lowest BCUT2D eigenvalue weighted by Gasteiger charge is -2.26. The zero-order valence-electron chi connectivity index (χ0n) is 13.7. The number of aromatic nitrogens is 2. The minimum absolute atomic E-state index is 0.0425. The fourth-order valence-corrected chi connectivity index (χ4v) is 3.08. The number of hydrogen-bond donors (Lipinski definition) is 0. The van der Waals surface area contributed by atoms with E-state index in [1.807, 2.05) is 42.3 Å². The lowest BCUT2D eigenvalue weighted by molar-refractivity contribution is 0.0750. The quantitative estimate of drug-likeness (QED) is 0.843. The summed E-state index contributed by atoms with van der Waals surface area (Å²) in [5.74, 6) is 0.780. The number of carbonyl (C=O) groups is 1. The summed E-state index contributed by atoms with van der Waals surface area (Å²) in [7, 11) is 0. The first-order valence-corrected chi connectivity index (χ1v) is 8.24. The summed E-state index contributed by atoms with van der Waals surface area (Å²) in [4.78, 5) is 25.8. The van der Waals surface area contributed by atoms with E-state index in [0.29, 0.717) is 26.3 Å². The first kappa shape index (κ1) is 15.1. The molecule has 1 aromatic heterocycles. The van der Waals surface area contributed by atoms with E-state index in [9.17, 15) is 4.79 Å². The zero-order valence-corrected chi connectivity index (χ0v) is 13.7. The van der Waals surface area contributed by atoms with Crippen LogP contribution in [0.1, 0.15) is 27.2 Å². The van der Waals surface area contributed by atoms with Crippen LogP contribution in [0.5, 0.6) is 0 Å². The van der Waals surface area contributed by atoms with Gasteiger partial charge in [-0.2, -0.15) is 0 Å². The second-order valence-corrected chi connectivity index (χ2v) is 6.27. The van der Waals surface area contributed by atoms with Gasteiger partial charge in [0.1, 0.15) is 0 Å². The van der Waals surface area contributed by atoms with E-state index in [4.69, 9.17) is 4.74 Å². The smallest absolute Gasteiger partial charge is 0.254 e. The number of benzene rings is 1. The third-order valence-electron chi connectivity index (χ3n) is 4.52. The van der Waals surface area contributed by atoms with Crippen molar-refractivity contribution in [2.45, 2.75) is 20.0 Å². The molecule has 0 atom stereocenters. The molecule has 4 rings (SSSR count). The molecular weight excluding hydrogens is 304 g/mol. The van der Waals surface area contributed by atoms with Crippen LogP contribution in [0.25, 0.3) is 0 Å². The summed E-state index contributed by atoms with van der Waals surface area (Å²) >= 11 is 0. The summed E-state index contributed by atoms with van der Waals surface area (Å²) in [6.45, 7) is 6.17. The molecule has 2 aliphatic rings. The molecule has 0 radical (unpaired) electrons. The number of amides is 1. The molecule has 6 nitrogen and oxygen atoms in total. The summed E-state index contributed by atoms with van der Waals surface area (Å²) < 4.78 is 5.37. The summed E-state index contributed by atoms with van der Waals surface area (Å²) in [5.41, 5.74) is 3.85. The first-order chi connectivity index (χ1) is 11.7. The lowest BCUT2D eigenvalue weighted by atomic mass is 10.1. The standard InChI is InChI=1S/C18H20N4O2/c1-13-2-4-14(5-3-13)17(23)22-11-15-10-19-18(20-16(15)12-22)21-6-8-24-9-7-21/h2-5,10H,6-9,11-12H2,1H3. The molecule has 124 valence electrons. The van der Waals surface area contributed by atoms with Crippen LogP contribution in [0.3, 0.4) is 0 Å². The first-order valence-electron chi connectivity index (χ1n) is 8.24. The number of fused-ring (bicyclic) bond motifs is 1. The number of hydrogen-bond acceptors (Lipinski definition) is 5. The van der Waals surface area contributed by atoms with Crippen molar-refractivity contribution in [2.24, 2.45) is 0 Å². The Morgan fingerprint density at radius 2 is 1.88 bits per heavy atom. The Kier molecular flexibility index (Phi) is 3.90. The van der Waals surface area contributed by atoms with Gasteiger partial charge >= 0.3 is 0 Å². The molecule has 24 heavy (non-hydrogen) atoms. The topological polar surface area (TPSA) is 58.6 Å². The van der Waals surface area contributed by atoms with Gasteiger partial charge in [-0.15, -0.1) is 0 Å². The molecule has 6 heteroatoms. The zero-order chi connectivity index (χ0) is 16.5. The van der Waals surface area contributed by atoms with Gasteiger partial charge in [-0.05, 0) is 19.1 Å². The largest absolute Gasteiger partial charge is 0.378 e. The highest BCUT2D eigenvalue weighted by Gasteiger charge is 2.27. The predicted octanol–water partition coefficient (Wildman–Crippen LogP) is 1.78.